The Balaban J connectivity index is 1.92. The summed E-state index contributed by atoms with van der Waals surface area (Å²) in [5, 5.41) is 0. The Morgan fingerprint density at radius 3 is 2.76 bits per heavy atom. The summed E-state index contributed by atoms with van der Waals surface area (Å²) in [7, 11) is 0. The van der Waals surface area contributed by atoms with Crippen molar-refractivity contribution in [2.45, 2.75) is 52.2 Å². The number of amides is 2. The molecule has 0 spiro atoms. The summed E-state index contributed by atoms with van der Waals surface area (Å²) >= 11 is 1.56. The van der Waals surface area contributed by atoms with E-state index < -0.39 is 0 Å². The van der Waals surface area contributed by atoms with Gasteiger partial charge in [0.1, 0.15) is 12.1 Å². The second kappa shape index (κ2) is 5.40. The molecule has 3 rings (SSSR count). The van der Waals surface area contributed by atoms with Crippen LogP contribution in [0.3, 0.4) is 0 Å². The van der Waals surface area contributed by atoms with Gasteiger partial charge >= 0.3 is 0 Å². The molecule has 3 heterocycles. The molecule has 0 saturated carbocycles. The van der Waals surface area contributed by atoms with Crippen LogP contribution in [0.15, 0.2) is 5.51 Å². The summed E-state index contributed by atoms with van der Waals surface area (Å²) in [6, 6.07) is -0.575. The lowest BCUT2D eigenvalue weighted by Crippen LogP contribution is -2.63. The van der Waals surface area contributed by atoms with Gasteiger partial charge in [0.25, 0.3) is 0 Å². The molecule has 1 aromatic rings. The minimum atomic E-state index is -0.339. The van der Waals surface area contributed by atoms with E-state index in [2.05, 4.69) is 4.98 Å². The fourth-order valence-corrected chi connectivity index (χ4v) is 4.15. The molecule has 0 aromatic carbocycles. The van der Waals surface area contributed by atoms with Gasteiger partial charge in [0.15, 0.2) is 0 Å². The van der Waals surface area contributed by atoms with Crippen LogP contribution >= 0.6 is 11.3 Å². The van der Waals surface area contributed by atoms with Crippen LogP contribution in [0.5, 0.6) is 0 Å². The van der Waals surface area contributed by atoms with Crippen molar-refractivity contribution in [2.75, 3.05) is 6.54 Å². The Morgan fingerprint density at radius 2 is 2.14 bits per heavy atom. The number of rotatable bonds is 3. The zero-order valence-electron chi connectivity index (χ0n) is 12.7. The van der Waals surface area contributed by atoms with Crippen molar-refractivity contribution < 1.29 is 9.59 Å². The first-order valence-electron chi connectivity index (χ1n) is 7.50. The molecule has 6 heteroatoms. The van der Waals surface area contributed by atoms with E-state index >= 15 is 0 Å². The van der Waals surface area contributed by atoms with Crippen LogP contribution in [0.4, 0.5) is 0 Å². The van der Waals surface area contributed by atoms with Gasteiger partial charge in [-0.15, -0.1) is 11.3 Å². The van der Waals surface area contributed by atoms with Crippen molar-refractivity contribution in [2.24, 2.45) is 5.92 Å². The minimum absolute atomic E-state index is 0.110. The maximum absolute atomic E-state index is 12.8. The predicted molar refractivity (Wildman–Crippen MR) is 80.8 cm³/mol. The van der Waals surface area contributed by atoms with Crippen LogP contribution in [0, 0.1) is 12.8 Å². The highest BCUT2D eigenvalue weighted by atomic mass is 32.1. The van der Waals surface area contributed by atoms with Gasteiger partial charge in [-0.25, -0.2) is 4.98 Å². The summed E-state index contributed by atoms with van der Waals surface area (Å²) in [5.41, 5.74) is 2.75. The molecule has 0 radical (unpaired) electrons. The van der Waals surface area contributed by atoms with E-state index in [0.29, 0.717) is 6.54 Å². The van der Waals surface area contributed by atoms with Crippen molar-refractivity contribution in [3.05, 3.63) is 16.1 Å². The zero-order chi connectivity index (χ0) is 15.1. The summed E-state index contributed by atoms with van der Waals surface area (Å²) in [5.74, 6) is 0.351. The minimum Gasteiger partial charge on any atom is -0.329 e. The van der Waals surface area contributed by atoms with Crippen molar-refractivity contribution in [1.82, 2.24) is 14.8 Å². The molecule has 0 aliphatic carbocycles. The lowest BCUT2D eigenvalue weighted by molar-refractivity contribution is -0.162. The Labute approximate surface area is 129 Å². The van der Waals surface area contributed by atoms with Crippen molar-refractivity contribution in [3.63, 3.8) is 0 Å². The van der Waals surface area contributed by atoms with E-state index in [4.69, 9.17) is 0 Å². The number of nitrogens with zero attached hydrogens (tertiary/aromatic N) is 3. The summed E-state index contributed by atoms with van der Waals surface area (Å²) < 4.78 is 0. The number of carbonyl (C=O) groups is 2. The molecule has 2 aliphatic heterocycles. The van der Waals surface area contributed by atoms with Gasteiger partial charge < -0.3 is 9.80 Å². The highest BCUT2D eigenvalue weighted by molar-refractivity contribution is 7.09. The quantitative estimate of drug-likeness (QED) is 0.856. The Morgan fingerprint density at radius 1 is 1.38 bits per heavy atom. The van der Waals surface area contributed by atoms with Gasteiger partial charge in [0.05, 0.1) is 17.7 Å². The third-order valence-corrected chi connectivity index (χ3v) is 5.40. The molecule has 114 valence electrons. The van der Waals surface area contributed by atoms with E-state index in [9.17, 15) is 9.59 Å². The van der Waals surface area contributed by atoms with E-state index in [1.54, 1.807) is 26.6 Å². The summed E-state index contributed by atoms with van der Waals surface area (Å²) in [6.45, 7) is 7.21. The van der Waals surface area contributed by atoms with Crippen molar-refractivity contribution in [1.29, 1.82) is 0 Å². The number of aryl methyl sites for hydroxylation is 1. The average Bonchev–Trinajstić information content (AvgIpc) is 3.05. The average molecular weight is 307 g/mol. The standard InChI is InChI=1S/C15H21N3O2S/c1-9(2)13-15(20)17-6-4-5-11(17)14(19)18(13)7-12-10(3)16-8-21-12/h8-9,11,13H,4-7H2,1-3H3. The largest absolute Gasteiger partial charge is 0.329 e. The molecule has 2 saturated heterocycles. The van der Waals surface area contributed by atoms with Gasteiger partial charge in [0, 0.05) is 11.4 Å². The SMILES string of the molecule is Cc1ncsc1CN1C(=O)C2CCCN2C(=O)C1C(C)C. The van der Waals surface area contributed by atoms with E-state index in [0.717, 1.165) is 30.0 Å². The summed E-state index contributed by atoms with van der Waals surface area (Å²) in [4.78, 5) is 34.5. The van der Waals surface area contributed by atoms with Crippen LogP contribution in [0.1, 0.15) is 37.3 Å². The molecule has 0 N–H and O–H groups in total. The fourth-order valence-electron chi connectivity index (χ4n) is 3.37. The summed E-state index contributed by atoms with van der Waals surface area (Å²) in [6.07, 6.45) is 1.73. The molecule has 2 aliphatic rings. The van der Waals surface area contributed by atoms with Crippen LogP contribution in [0.2, 0.25) is 0 Å². The molecule has 0 bridgehead atoms. The van der Waals surface area contributed by atoms with Crippen molar-refractivity contribution in [3.8, 4) is 0 Å². The highest BCUT2D eigenvalue weighted by Gasteiger charge is 2.48. The molecule has 2 amide bonds. The van der Waals surface area contributed by atoms with Crippen LogP contribution in [-0.2, 0) is 16.1 Å². The normalized spacial score (nSPS) is 25.9. The highest BCUT2D eigenvalue weighted by Crippen LogP contribution is 2.31. The second-order valence-electron chi connectivity index (χ2n) is 6.21. The van der Waals surface area contributed by atoms with Crippen LogP contribution in [0.25, 0.3) is 0 Å². The lowest BCUT2D eigenvalue weighted by atomic mass is 9.96. The van der Waals surface area contributed by atoms with Gasteiger partial charge in [0.2, 0.25) is 11.8 Å². The third kappa shape index (κ3) is 2.35. The van der Waals surface area contributed by atoms with Gasteiger partial charge in [-0.05, 0) is 25.7 Å². The number of hydrogen-bond donors (Lipinski definition) is 0. The maximum Gasteiger partial charge on any atom is 0.246 e. The molecule has 5 nitrogen and oxygen atoms in total. The Hall–Kier alpha value is -1.43. The molecule has 1 aromatic heterocycles. The molecule has 2 fully saturated rings. The topological polar surface area (TPSA) is 53.5 Å². The number of carbonyl (C=O) groups excluding carboxylic acids is 2. The van der Waals surface area contributed by atoms with Crippen LogP contribution in [-0.4, -0.2) is 45.2 Å². The Kier molecular flexibility index (Phi) is 3.73. The van der Waals surface area contributed by atoms with Gasteiger partial charge in [-0.3, -0.25) is 9.59 Å². The van der Waals surface area contributed by atoms with E-state index in [1.165, 1.54) is 0 Å². The predicted octanol–water partition coefficient (Wildman–Crippen LogP) is 1.81. The van der Waals surface area contributed by atoms with Gasteiger partial charge in [-0.1, -0.05) is 13.8 Å². The molecule has 21 heavy (non-hydrogen) atoms. The van der Waals surface area contributed by atoms with E-state index in [-0.39, 0.29) is 29.8 Å². The monoisotopic (exact) mass is 307 g/mol. The van der Waals surface area contributed by atoms with Crippen LogP contribution < -0.4 is 0 Å². The first-order valence-corrected chi connectivity index (χ1v) is 8.38. The number of hydrogen-bond acceptors (Lipinski definition) is 4. The molecular formula is C15H21N3O2S. The Bertz CT molecular complexity index is 569. The lowest BCUT2D eigenvalue weighted by Gasteiger charge is -2.43. The zero-order valence-corrected chi connectivity index (χ0v) is 13.5. The molecular weight excluding hydrogens is 286 g/mol. The molecule has 2 unspecified atom stereocenters. The number of thiazole rings is 1. The number of aromatic nitrogens is 1. The van der Waals surface area contributed by atoms with E-state index in [1.807, 2.05) is 20.8 Å². The van der Waals surface area contributed by atoms with Crippen molar-refractivity contribution >= 4 is 23.2 Å². The smallest absolute Gasteiger partial charge is 0.246 e. The maximum atomic E-state index is 12.8. The molecule has 2 atom stereocenters. The number of piperazine rings is 1. The first kappa shape index (κ1) is 14.5. The number of fused-ring (bicyclic) bond motifs is 1. The fraction of sp³-hybridized carbons (Fsp3) is 0.667. The first-order chi connectivity index (χ1) is 10.0. The second-order valence-corrected chi connectivity index (χ2v) is 7.14. The van der Waals surface area contributed by atoms with Gasteiger partial charge in [-0.2, -0.15) is 0 Å². The third-order valence-electron chi connectivity index (χ3n) is 4.48.